The van der Waals surface area contributed by atoms with Crippen LogP contribution in [0, 0.1) is 0 Å². The van der Waals surface area contributed by atoms with Gasteiger partial charge in [0.25, 0.3) is 0 Å². The molecule has 2 saturated heterocycles. The van der Waals surface area contributed by atoms with Crippen LogP contribution in [-0.2, 0) is 0 Å². The van der Waals surface area contributed by atoms with Crippen LogP contribution in [0.2, 0.25) is 0 Å². The van der Waals surface area contributed by atoms with Crippen LogP contribution in [0.3, 0.4) is 0 Å². The highest BCUT2D eigenvalue weighted by Crippen LogP contribution is 2.24. The van der Waals surface area contributed by atoms with Gasteiger partial charge in [-0.2, -0.15) is 0 Å². The number of benzene rings is 1. The summed E-state index contributed by atoms with van der Waals surface area (Å²) in [6, 6.07) is 9.92. The summed E-state index contributed by atoms with van der Waals surface area (Å²) in [5.74, 6) is 0. The lowest BCUT2D eigenvalue weighted by atomic mass is 10.1. The van der Waals surface area contributed by atoms with Crippen LogP contribution in [-0.4, -0.2) is 38.8 Å². The van der Waals surface area contributed by atoms with E-state index >= 15 is 0 Å². The predicted octanol–water partition coefficient (Wildman–Crippen LogP) is 3.26. The predicted molar refractivity (Wildman–Crippen MR) is 91.4 cm³/mol. The molecular formula is C18H29N3. The van der Waals surface area contributed by atoms with Gasteiger partial charge in [0.15, 0.2) is 0 Å². The number of anilines is 2. The Hall–Kier alpha value is -1.22. The average Bonchev–Trinajstić information content (AvgIpc) is 2.95. The molecule has 3 rings (SSSR count). The van der Waals surface area contributed by atoms with Crippen molar-refractivity contribution in [2.45, 2.75) is 45.1 Å². The number of nitrogens with one attached hydrogen (secondary N) is 1. The third-order valence-electron chi connectivity index (χ3n) is 4.80. The van der Waals surface area contributed by atoms with E-state index in [0.29, 0.717) is 6.04 Å². The van der Waals surface area contributed by atoms with Gasteiger partial charge in [-0.15, -0.1) is 0 Å². The highest BCUT2D eigenvalue weighted by molar-refractivity contribution is 5.57. The fraction of sp³-hybridized carbons (Fsp3) is 0.667. The zero-order valence-electron chi connectivity index (χ0n) is 13.4. The van der Waals surface area contributed by atoms with E-state index < -0.39 is 0 Å². The summed E-state index contributed by atoms with van der Waals surface area (Å²) in [7, 11) is 0. The monoisotopic (exact) mass is 287 g/mol. The second-order valence-corrected chi connectivity index (χ2v) is 6.45. The maximum absolute atomic E-state index is 3.69. The molecule has 1 unspecified atom stereocenters. The normalized spacial score (nSPS) is 23.4. The van der Waals surface area contributed by atoms with Crippen LogP contribution in [0.5, 0.6) is 0 Å². The summed E-state index contributed by atoms with van der Waals surface area (Å²) in [5.41, 5.74) is 2.79. The Bertz CT molecular complexity index is 423. The second-order valence-electron chi connectivity index (χ2n) is 6.45. The molecular weight excluding hydrogens is 258 g/mol. The first-order valence-electron chi connectivity index (χ1n) is 8.70. The van der Waals surface area contributed by atoms with Crippen molar-refractivity contribution in [1.82, 2.24) is 5.32 Å². The highest BCUT2D eigenvalue weighted by Gasteiger charge is 2.18. The molecule has 2 heterocycles. The molecule has 0 bridgehead atoms. The van der Waals surface area contributed by atoms with Crippen LogP contribution in [0.15, 0.2) is 24.3 Å². The first-order valence-corrected chi connectivity index (χ1v) is 8.70. The van der Waals surface area contributed by atoms with E-state index in [1.807, 2.05) is 0 Å². The molecule has 0 aliphatic carbocycles. The molecule has 0 amide bonds. The van der Waals surface area contributed by atoms with Crippen LogP contribution < -0.4 is 15.1 Å². The lowest BCUT2D eigenvalue weighted by molar-refractivity contribution is 0.502. The van der Waals surface area contributed by atoms with Gasteiger partial charge in [0.05, 0.1) is 0 Å². The Morgan fingerprint density at radius 2 is 1.57 bits per heavy atom. The molecule has 0 radical (unpaired) electrons. The van der Waals surface area contributed by atoms with Crippen molar-refractivity contribution >= 4 is 11.4 Å². The number of hydrogen-bond acceptors (Lipinski definition) is 3. The van der Waals surface area contributed by atoms with Crippen molar-refractivity contribution in [1.29, 1.82) is 0 Å². The molecule has 3 heteroatoms. The number of hydrogen-bond donors (Lipinski definition) is 1. The molecule has 3 nitrogen and oxygen atoms in total. The van der Waals surface area contributed by atoms with E-state index in [0.717, 1.165) is 13.1 Å². The number of nitrogens with zero attached hydrogens (tertiary/aromatic N) is 2. The summed E-state index contributed by atoms with van der Waals surface area (Å²) in [6.07, 6.45) is 6.48. The van der Waals surface area contributed by atoms with Gasteiger partial charge in [0.1, 0.15) is 0 Å². The molecule has 1 atom stereocenters. The van der Waals surface area contributed by atoms with Crippen molar-refractivity contribution in [2.24, 2.45) is 0 Å². The lowest BCUT2D eigenvalue weighted by Crippen LogP contribution is -2.37. The Kier molecular flexibility index (Phi) is 5.02. The molecule has 2 aliphatic heterocycles. The minimum absolute atomic E-state index is 0.649. The van der Waals surface area contributed by atoms with E-state index in [1.54, 1.807) is 0 Å². The van der Waals surface area contributed by atoms with Gasteiger partial charge in [-0.25, -0.2) is 0 Å². The van der Waals surface area contributed by atoms with E-state index in [2.05, 4.69) is 46.3 Å². The van der Waals surface area contributed by atoms with Gasteiger partial charge in [-0.1, -0.05) is 13.3 Å². The summed E-state index contributed by atoms with van der Waals surface area (Å²) in [5, 5.41) is 3.69. The van der Waals surface area contributed by atoms with Crippen molar-refractivity contribution in [3.8, 4) is 0 Å². The summed E-state index contributed by atoms with van der Waals surface area (Å²) in [6.45, 7) is 8.22. The first kappa shape index (κ1) is 14.7. The molecule has 1 N–H and O–H groups in total. The summed E-state index contributed by atoms with van der Waals surface area (Å²) in [4.78, 5) is 5.07. The van der Waals surface area contributed by atoms with Gasteiger partial charge in [-0.3, -0.25) is 0 Å². The minimum atomic E-state index is 0.649. The van der Waals surface area contributed by atoms with Crippen molar-refractivity contribution in [3.05, 3.63) is 24.3 Å². The van der Waals surface area contributed by atoms with Crippen LogP contribution in [0.25, 0.3) is 0 Å². The van der Waals surface area contributed by atoms with E-state index in [9.17, 15) is 0 Å². The molecule has 2 aliphatic rings. The number of rotatable bonds is 4. The molecule has 0 aromatic heterocycles. The Morgan fingerprint density at radius 3 is 2.24 bits per heavy atom. The smallest absolute Gasteiger partial charge is 0.0368 e. The maximum atomic E-state index is 3.69. The fourth-order valence-corrected chi connectivity index (χ4v) is 3.62. The Labute approximate surface area is 129 Å². The summed E-state index contributed by atoms with van der Waals surface area (Å²) >= 11 is 0. The molecule has 116 valence electrons. The standard InChI is InChI=1S/C18H29N3/c1-2-6-16-15-21(14-5-11-19-16)18-9-7-17(8-10-18)20-12-3-4-13-20/h7-10,16,19H,2-6,11-15H2,1H3. The van der Waals surface area contributed by atoms with Crippen molar-refractivity contribution in [3.63, 3.8) is 0 Å². The fourth-order valence-electron chi connectivity index (χ4n) is 3.62. The Morgan fingerprint density at radius 1 is 0.952 bits per heavy atom. The lowest BCUT2D eigenvalue weighted by Gasteiger charge is -2.27. The minimum Gasteiger partial charge on any atom is -0.372 e. The molecule has 0 saturated carbocycles. The largest absolute Gasteiger partial charge is 0.372 e. The topological polar surface area (TPSA) is 18.5 Å². The van der Waals surface area contributed by atoms with Gasteiger partial charge >= 0.3 is 0 Å². The SMILES string of the molecule is CCCC1CN(c2ccc(N3CCCC3)cc2)CCCN1. The quantitative estimate of drug-likeness (QED) is 0.917. The zero-order chi connectivity index (χ0) is 14.5. The van der Waals surface area contributed by atoms with Crippen molar-refractivity contribution < 1.29 is 0 Å². The molecule has 0 spiro atoms. The van der Waals surface area contributed by atoms with Gasteiger partial charge in [-0.05, 0) is 56.5 Å². The third kappa shape index (κ3) is 3.70. The highest BCUT2D eigenvalue weighted by atomic mass is 15.2. The summed E-state index contributed by atoms with van der Waals surface area (Å²) < 4.78 is 0. The van der Waals surface area contributed by atoms with Crippen LogP contribution in [0.4, 0.5) is 11.4 Å². The second kappa shape index (κ2) is 7.17. The zero-order valence-corrected chi connectivity index (χ0v) is 13.4. The Balaban J connectivity index is 1.67. The first-order chi connectivity index (χ1) is 10.4. The van der Waals surface area contributed by atoms with Crippen LogP contribution >= 0.6 is 0 Å². The maximum Gasteiger partial charge on any atom is 0.0368 e. The molecule has 1 aromatic rings. The van der Waals surface area contributed by atoms with Gasteiger partial charge < -0.3 is 15.1 Å². The molecule has 2 fully saturated rings. The van der Waals surface area contributed by atoms with E-state index in [-0.39, 0.29) is 0 Å². The van der Waals surface area contributed by atoms with Gasteiger partial charge in [0, 0.05) is 43.6 Å². The third-order valence-corrected chi connectivity index (χ3v) is 4.80. The molecule has 1 aromatic carbocycles. The van der Waals surface area contributed by atoms with E-state index in [1.165, 1.54) is 63.1 Å². The van der Waals surface area contributed by atoms with Crippen LogP contribution in [0.1, 0.15) is 39.0 Å². The van der Waals surface area contributed by atoms with Gasteiger partial charge in [0.2, 0.25) is 0 Å². The van der Waals surface area contributed by atoms with Crippen molar-refractivity contribution in [2.75, 3.05) is 42.5 Å². The van der Waals surface area contributed by atoms with E-state index in [4.69, 9.17) is 0 Å². The average molecular weight is 287 g/mol. The molecule has 21 heavy (non-hydrogen) atoms.